The van der Waals surface area contributed by atoms with Crippen molar-refractivity contribution in [3.63, 3.8) is 0 Å². The van der Waals surface area contributed by atoms with E-state index in [1.54, 1.807) is 0 Å². The molecule has 4 heteroatoms. The van der Waals surface area contributed by atoms with Gasteiger partial charge in [0.2, 0.25) is 0 Å². The topological polar surface area (TPSA) is 46.2 Å². The summed E-state index contributed by atoms with van der Waals surface area (Å²) in [5.41, 5.74) is 0. The third-order valence-electron chi connectivity index (χ3n) is 0.991. The van der Waals surface area contributed by atoms with E-state index < -0.39 is 0 Å². The Kier molecular flexibility index (Phi) is 1.43. The first-order valence-corrected chi connectivity index (χ1v) is 3.02. The Morgan fingerprint density at radius 1 is 1.62 bits per heavy atom. The molecule has 1 heterocycles. The molecule has 8 heavy (non-hydrogen) atoms. The number of hydrogen-bond donors (Lipinski definition) is 1. The molecule has 0 aromatic rings. The van der Waals surface area contributed by atoms with Crippen molar-refractivity contribution in [3.8, 4) is 0 Å². The zero-order valence-corrected chi connectivity index (χ0v) is 4.96. The van der Waals surface area contributed by atoms with Crippen LogP contribution in [0.3, 0.4) is 0 Å². The van der Waals surface area contributed by atoms with E-state index >= 15 is 0 Å². The quantitative estimate of drug-likeness (QED) is 0.424. The van der Waals surface area contributed by atoms with E-state index in [9.17, 15) is 9.00 Å². The van der Waals surface area contributed by atoms with Crippen LogP contribution in [0, 0.1) is 0 Å². The minimum atomic E-state index is -0.190. The molecule has 1 rings (SSSR count). The lowest BCUT2D eigenvalue weighted by Crippen LogP contribution is -2.18. The molecule has 0 spiro atoms. The average Bonchev–Trinajstić information content (AvgIpc) is 2.14. The van der Waals surface area contributed by atoms with Crippen LogP contribution in [-0.4, -0.2) is 21.5 Å². The van der Waals surface area contributed by atoms with Crippen molar-refractivity contribution in [2.24, 2.45) is 0 Å². The first-order valence-electron chi connectivity index (χ1n) is 2.28. The van der Waals surface area contributed by atoms with Crippen molar-refractivity contribution in [1.82, 2.24) is 5.32 Å². The molecule has 44 valence electrons. The summed E-state index contributed by atoms with van der Waals surface area (Å²) in [6.45, 7) is 0.628. The van der Waals surface area contributed by atoms with Gasteiger partial charge in [0.15, 0.2) is 0 Å². The lowest BCUT2D eigenvalue weighted by atomic mass is 10.4. The van der Waals surface area contributed by atoms with Gasteiger partial charge in [-0.15, -0.1) is 0 Å². The molecule has 1 aliphatic heterocycles. The van der Waals surface area contributed by atoms with Gasteiger partial charge in [-0.25, -0.2) is 4.21 Å². The second-order valence-corrected chi connectivity index (χ2v) is 2.17. The largest absolute Gasteiger partial charge is 0.351 e. The molecule has 0 radical (unpaired) electrons. The molecule has 0 bridgehead atoms. The van der Waals surface area contributed by atoms with Crippen molar-refractivity contribution < 1.29 is 9.00 Å². The maximum absolute atomic E-state index is 10.4. The van der Waals surface area contributed by atoms with Crippen molar-refractivity contribution in [1.29, 1.82) is 0 Å². The summed E-state index contributed by atoms with van der Waals surface area (Å²) < 4.78 is 9.96. The fraction of sp³-hybridized carbons (Fsp3) is 0.500. The van der Waals surface area contributed by atoms with Gasteiger partial charge < -0.3 is 5.32 Å². The minimum Gasteiger partial charge on any atom is -0.351 e. The van der Waals surface area contributed by atoms with E-state index in [4.69, 9.17) is 0 Å². The van der Waals surface area contributed by atoms with Crippen molar-refractivity contribution in [2.45, 2.75) is 6.42 Å². The van der Waals surface area contributed by atoms with E-state index in [-0.39, 0.29) is 5.91 Å². The van der Waals surface area contributed by atoms with Crippen molar-refractivity contribution >= 4 is 22.0 Å². The van der Waals surface area contributed by atoms with Gasteiger partial charge in [0.1, 0.15) is 4.86 Å². The van der Waals surface area contributed by atoms with Gasteiger partial charge in [0, 0.05) is 13.0 Å². The molecular formula is C4H5NO2S. The highest BCUT2D eigenvalue weighted by molar-refractivity contribution is 7.68. The van der Waals surface area contributed by atoms with E-state index in [2.05, 4.69) is 5.32 Å². The summed E-state index contributed by atoms with van der Waals surface area (Å²) in [5.74, 6) is -0.190. The van der Waals surface area contributed by atoms with Gasteiger partial charge >= 0.3 is 0 Å². The molecular weight excluding hydrogens is 126 g/mol. The van der Waals surface area contributed by atoms with E-state index in [1.165, 1.54) is 0 Å². The Labute approximate surface area is 50.1 Å². The summed E-state index contributed by atoms with van der Waals surface area (Å²) in [7, 11) is 0. The van der Waals surface area contributed by atoms with Gasteiger partial charge in [-0.1, -0.05) is 0 Å². The van der Waals surface area contributed by atoms with Gasteiger partial charge in [0.05, 0.1) is 11.3 Å². The van der Waals surface area contributed by atoms with Gasteiger partial charge in [-0.05, 0) is 0 Å². The Balaban J connectivity index is 2.84. The molecule has 0 aliphatic carbocycles. The first kappa shape index (κ1) is 5.50. The summed E-state index contributed by atoms with van der Waals surface area (Å²) in [6.07, 6.45) is 0.604. The zero-order valence-electron chi connectivity index (χ0n) is 4.14. The molecule has 3 nitrogen and oxygen atoms in total. The Bertz CT molecular complexity index is 171. The van der Waals surface area contributed by atoms with Crippen LogP contribution >= 0.6 is 0 Å². The van der Waals surface area contributed by atoms with Crippen LogP contribution in [0.25, 0.3) is 0 Å². The van der Waals surface area contributed by atoms with Crippen LogP contribution in [0.15, 0.2) is 0 Å². The van der Waals surface area contributed by atoms with Crippen LogP contribution in [0.4, 0.5) is 0 Å². The summed E-state index contributed by atoms with van der Waals surface area (Å²) in [4.78, 5) is 10.8. The minimum absolute atomic E-state index is 0.190. The van der Waals surface area contributed by atoms with E-state index in [1.807, 2.05) is 0 Å². The smallest absolute Gasteiger partial charge is 0.260 e. The Hall–Kier alpha value is -0.640. The maximum atomic E-state index is 10.4. The maximum Gasteiger partial charge on any atom is 0.260 e. The second kappa shape index (κ2) is 2.09. The monoisotopic (exact) mass is 131 g/mol. The van der Waals surface area contributed by atoms with Crippen LogP contribution in [0.1, 0.15) is 6.42 Å². The molecule has 1 aliphatic rings. The predicted octanol–water partition coefficient (Wildman–Crippen LogP) is -1.11. The van der Waals surface area contributed by atoms with Crippen LogP contribution in [0.2, 0.25) is 0 Å². The summed E-state index contributed by atoms with van der Waals surface area (Å²) in [6, 6.07) is 0. The molecule has 1 N–H and O–H groups in total. The van der Waals surface area contributed by atoms with Crippen molar-refractivity contribution in [3.05, 3.63) is 0 Å². The number of nitrogens with one attached hydrogen (secondary N) is 1. The van der Waals surface area contributed by atoms with Gasteiger partial charge in [0.25, 0.3) is 5.91 Å². The molecule has 0 unspecified atom stereocenters. The Morgan fingerprint density at radius 2 is 2.38 bits per heavy atom. The van der Waals surface area contributed by atoms with E-state index in [0.717, 1.165) is 0 Å². The van der Waals surface area contributed by atoms with Gasteiger partial charge in [-0.2, -0.15) is 0 Å². The van der Waals surface area contributed by atoms with Crippen molar-refractivity contribution in [2.75, 3.05) is 6.54 Å². The lowest BCUT2D eigenvalue weighted by Gasteiger charge is -1.80. The highest BCUT2D eigenvalue weighted by Crippen LogP contribution is 1.89. The first-order chi connectivity index (χ1) is 3.84. The third kappa shape index (κ3) is 0.790. The molecule has 0 aromatic carbocycles. The SMILES string of the molecule is O=S=C1CCNC1=O. The fourth-order valence-electron chi connectivity index (χ4n) is 0.581. The molecule has 0 atom stereocenters. The molecule has 1 fully saturated rings. The zero-order chi connectivity index (χ0) is 5.98. The number of amides is 1. The lowest BCUT2D eigenvalue weighted by molar-refractivity contribution is -0.113. The number of carbonyl (C=O) groups excluding carboxylic acids is 1. The summed E-state index contributed by atoms with van der Waals surface area (Å²) >= 11 is 0.295. The third-order valence-corrected chi connectivity index (χ3v) is 1.58. The molecule has 0 saturated carbocycles. The standard InChI is InChI=1S/C4H5NO2S/c6-4-3(8-7)1-2-5-4/h1-2H2,(H,5,6). The second-order valence-electron chi connectivity index (χ2n) is 1.51. The highest BCUT2D eigenvalue weighted by atomic mass is 32.1. The van der Waals surface area contributed by atoms with Crippen LogP contribution in [-0.2, 0) is 16.1 Å². The van der Waals surface area contributed by atoms with Crippen LogP contribution in [0.5, 0.6) is 0 Å². The number of rotatable bonds is 0. The highest BCUT2D eigenvalue weighted by Gasteiger charge is 2.16. The number of carbonyl (C=O) groups is 1. The fourth-order valence-corrected chi connectivity index (χ4v) is 0.914. The van der Waals surface area contributed by atoms with Crippen LogP contribution < -0.4 is 5.32 Å². The summed E-state index contributed by atoms with van der Waals surface area (Å²) in [5, 5.41) is 2.52. The number of hydrogen-bond acceptors (Lipinski definition) is 2. The average molecular weight is 131 g/mol. The molecule has 1 amide bonds. The molecule has 1 saturated heterocycles. The normalized spacial score (nSPS) is 18.5. The van der Waals surface area contributed by atoms with Gasteiger partial charge in [-0.3, -0.25) is 4.79 Å². The molecule has 0 aromatic heterocycles. The van der Waals surface area contributed by atoms with E-state index in [0.29, 0.717) is 29.1 Å². The Morgan fingerprint density at radius 3 is 2.62 bits per heavy atom. The predicted molar refractivity (Wildman–Crippen MR) is 30.8 cm³/mol.